The molecule has 0 aromatic carbocycles. The lowest BCUT2D eigenvalue weighted by Crippen LogP contribution is -2.36. The summed E-state index contributed by atoms with van der Waals surface area (Å²) in [7, 11) is 0. The number of carboxylic acid groups (broad SMARTS) is 1. The highest BCUT2D eigenvalue weighted by molar-refractivity contribution is 5.75. The minimum absolute atomic E-state index is 0.0111. The summed E-state index contributed by atoms with van der Waals surface area (Å²) >= 11 is 0. The molecule has 0 aliphatic heterocycles. The quantitative estimate of drug-likeness (QED) is 0.349. The van der Waals surface area contributed by atoms with Crippen molar-refractivity contribution in [3.8, 4) is 0 Å². The monoisotopic (exact) mass is 487 g/mol. The molecular weight excluding hydrogens is 442 g/mol. The minimum atomic E-state index is -0.999. The van der Waals surface area contributed by atoms with Gasteiger partial charge in [0, 0.05) is 13.0 Å². The van der Waals surface area contributed by atoms with E-state index in [-0.39, 0.29) is 25.2 Å². The summed E-state index contributed by atoms with van der Waals surface area (Å²) < 4.78 is 4.95. The summed E-state index contributed by atoms with van der Waals surface area (Å²) in [6.45, 7) is 9.32. The zero-order valence-corrected chi connectivity index (χ0v) is 21.7. The van der Waals surface area contributed by atoms with E-state index < -0.39 is 5.97 Å². The Kier molecular flexibility index (Phi) is 10.2. The van der Waals surface area contributed by atoms with Crippen LogP contribution in [0.25, 0.3) is 0 Å². The lowest BCUT2D eigenvalue weighted by molar-refractivity contribution is -0.142. The van der Waals surface area contributed by atoms with Gasteiger partial charge in [-0.05, 0) is 93.0 Å². The Labute approximate surface area is 210 Å². The number of carbonyl (C=O) groups is 2. The molecule has 3 saturated carbocycles. The Morgan fingerprint density at radius 2 is 2.06 bits per heavy atom. The lowest BCUT2D eigenvalue weighted by Gasteiger charge is -2.44. The molecule has 5 atom stereocenters. The number of fused-ring (bicyclic) bond motifs is 1. The number of hydrogen-bond acceptors (Lipinski definition) is 4. The van der Waals surface area contributed by atoms with Crippen molar-refractivity contribution in [3.63, 3.8) is 0 Å². The number of hydrogen-bond donors (Lipinski definition) is 3. The predicted octanol–water partition coefficient (Wildman–Crippen LogP) is 5.18. The van der Waals surface area contributed by atoms with E-state index in [0.717, 1.165) is 32.1 Å². The molecule has 6 nitrogen and oxygen atoms in total. The predicted molar refractivity (Wildman–Crippen MR) is 138 cm³/mol. The van der Waals surface area contributed by atoms with Crippen molar-refractivity contribution < 1.29 is 24.5 Å². The maximum Gasteiger partial charge on any atom is 0.329 e. The van der Waals surface area contributed by atoms with Crippen LogP contribution in [0.2, 0.25) is 0 Å². The van der Waals surface area contributed by atoms with Crippen LogP contribution in [-0.4, -0.2) is 48.0 Å². The van der Waals surface area contributed by atoms with Crippen LogP contribution in [0.1, 0.15) is 84.5 Å². The molecule has 196 valence electrons. The second-order valence-corrected chi connectivity index (χ2v) is 11.2. The van der Waals surface area contributed by atoms with Crippen molar-refractivity contribution in [2.75, 3.05) is 19.8 Å². The molecule has 0 bridgehead atoms. The number of nitrogens with one attached hydrogen (secondary N) is 1. The van der Waals surface area contributed by atoms with Gasteiger partial charge in [0.2, 0.25) is 5.91 Å². The molecule has 3 aliphatic rings. The molecule has 3 rings (SSSR count). The SMILES string of the molecule is C=C1CC[C@H](O)C/C1=C/C=C1\CCC[C@]2(C)[C@@H]([C@H](C)CCCC(=O)NCCOCC(=O)O)CC[C@@H]12. The van der Waals surface area contributed by atoms with Gasteiger partial charge in [-0.2, -0.15) is 0 Å². The van der Waals surface area contributed by atoms with Gasteiger partial charge in [-0.15, -0.1) is 0 Å². The van der Waals surface area contributed by atoms with Crippen LogP contribution in [-0.2, 0) is 14.3 Å². The van der Waals surface area contributed by atoms with Crippen LogP contribution in [0.15, 0.2) is 35.5 Å². The molecule has 0 aromatic rings. The molecule has 0 unspecified atom stereocenters. The third kappa shape index (κ3) is 7.53. The summed E-state index contributed by atoms with van der Waals surface area (Å²) in [4.78, 5) is 22.5. The van der Waals surface area contributed by atoms with Gasteiger partial charge in [0.1, 0.15) is 6.61 Å². The van der Waals surface area contributed by atoms with E-state index in [2.05, 4.69) is 37.9 Å². The summed E-state index contributed by atoms with van der Waals surface area (Å²) in [5, 5.41) is 21.4. The zero-order chi connectivity index (χ0) is 25.4. The number of rotatable bonds is 11. The fraction of sp³-hybridized carbons (Fsp3) is 0.724. The normalized spacial score (nSPS) is 32.0. The highest BCUT2D eigenvalue weighted by Gasteiger charge is 2.50. The Hall–Kier alpha value is -1.92. The van der Waals surface area contributed by atoms with Crippen molar-refractivity contribution in [3.05, 3.63) is 35.5 Å². The Morgan fingerprint density at radius 3 is 2.83 bits per heavy atom. The minimum Gasteiger partial charge on any atom is -0.480 e. The van der Waals surface area contributed by atoms with Gasteiger partial charge in [0.05, 0.1) is 12.7 Å². The van der Waals surface area contributed by atoms with Gasteiger partial charge in [0.15, 0.2) is 0 Å². The average Bonchev–Trinajstić information content (AvgIpc) is 3.16. The molecule has 6 heteroatoms. The number of allylic oxidation sites excluding steroid dienone is 4. The molecule has 3 N–H and O–H groups in total. The van der Waals surface area contributed by atoms with E-state index in [9.17, 15) is 14.7 Å². The van der Waals surface area contributed by atoms with Gasteiger partial charge in [-0.25, -0.2) is 4.79 Å². The number of aliphatic hydroxyl groups excluding tert-OH is 1. The summed E-state index contributed by atoms with van der Waals surface area (Å²) in [5.74, 6) is 0.916. The molecule has 0 heterocycles. The third-order valence-corrected chi connectivity index (χ3v) is 8.77. The average molecular weight is 488 g/mol. The van der Waals surface area contributed by atoms with E-state index in [0.29, 0.717) is 36.1 Å². The van der Waals surface area contributed by atoms with Gasteiger partial charge < -0.3 is 20.3 Å². The topological polar surface area (TPSA) is 95.9 Å². The van der Waals surface area contributed by atoms with Gasteiger partial charge in [-0.3, -0.25) is 4.79 Å². The number of ether oxygens (including phenoxy) is 1. The molecule has 3 aliphatic carbocycles. The molecule has 3 fully saturated rings. The van der Waals surface area contributed by atoms with Crippen LogP contribution in [0.4, 0.5) is 0 Å². The number of carboxylic acids is 1. The van der Waals surface area contributed by atoms with Gasteiger partial charge in [0.25, 0.3) is 0 Å². The van der Waals surface area contributed by atoms with Crippen LogP contribution >= 0.6 is 0 Å². The number of amides is 1. The lowest BCUT2D eigenvalue weighted by atomic mass is 9.60. The van der Waals surface area contributed by atoms with Gasteiger partial charge in [-0.1, -0.05) is 43.7 Å². The first-order valence-electron chi connectivity index (χ1n) is 13.5. The largest absolute Gasteiger partial charge is 0.480 e. The first kappa shape index (κ1) is 27.7. The van der Waals surface area contributed by atoms with Crippen molar-refractivity contribution in [1.82, 2.24) is 5.32 Å². The third-order valence-electron chi connectivity index (χ3n) is 8.77. The van der Waals surface area contributed by atoms with E-state index in [4.69, 9.17) is 9.84 Å². The molecule has 1 amide bonds. The molecule has 35 heavy (non-hydrogen) atoms. The maximum atomic E-state index is 12.1. The highest BCUT2D eigenvalue weighted by atomic mass is 16.5. The van der Waals surface area contributed by atoms with Crippen molar-refractivity contribution in [1.29, 1.82) is 0 Å². The van der Waals surface area contributed by atoms with E-state index >= 15 is 0 Å². The molecule has 0 spiro atoms. The summed E-state index contributed by atoms with van der Waals surface area (Å²) in [6.07, 6.45) is 15.5. The smallest absolute Gasteiger partial charge is 0.329 e. The van der Waals surface area contributed by atoms with Crippen LogP contribution in [0.3, 0.4) is 0 Å². The molecule has 0 saturated heterocycles. The molecule has 0 aromatic heterocycles. The van der Waals surface area contributed by atoms with Gasteiger partial charge >= 0.3 is 5.97 Å². The standard InChI is InChI=1S/C29H45NO5/c1-20-9-12-24(31)18-23(20)11-10-22-7-5-15-29(3)25(13-14-26(22)29)21(2)6-4-8-27(32)30-16-17-35-19-28(33)34/h10-11,21,24-26,31H,1,4-9,12-19H2,2-3H3,(H,30,32)(H,33,34)/b22-10+,23-11-/t21-,24+,25-,26+,29-/m1/s1. The summed E-state index contributed by atoms with van der Waals surface area (Å²) in [6, 6.07) is 0. The number of aliphatic carboxylic acids is 1. The first-order chi connectivity index (χ1) is 16.7. The fourth-order valence-corrected chi connectivity index (χ4v) is 6.91. The number of aliphatic hydroxyl groups is 1. The van der Waals surface area contributed by atoms with Crippen LogP contribution in [0, 0.1) is 23.2 Å². The Morgan fingerprint density at radius 1 is 1.26 bits per heavy atom. The second-order valence-electron chi connectivity index (χ2n) is 11.2. The summed E-state index contributed by atoms with van der Waals surface area (Å²) in [5.41, 5.74) is 4.31. The van der Waals surface area contributed by atoms with Crippen molar-refractivity contribution in [2.24, 2.45) is 23.2 Å². The molecule has 0 radical (unpaired) electrons. The van der Waals surface area contributed by atoms with Crippen LogP contribution < -0.4 is 5.32 Å². The molecular formula is C29H45NO5. The van der Waals surface area contributed by atoms with E-state index in [1.807, 2.05) is 0 Å². The highest BCUT2D eigenvalue weighted by Crippen LogP contribution is 2.59. The Bertz CT molecular complexity index is 831. The second kappa shape index (κ2) is 12.9. The van der Waals surface area contributed by atoms with Crippen molar-refractivity contribution in [2.45, 2.75) is 90.6 Å². The fourth-order valence-electron chi connectivity index (χ4n) is 6.91. The van der Waals surface area contributed by atoms with Crippen molar-refractivity contribution >= 4 is 11.9 Å². The maximum absolute atomic E-state index is 12.1. The Balaban J connectivity index is 1.49. The zero-order valence-electron chi connectivity index (χ0n) is 21.7. The van der Waals surface area contributed by atoms with E-state index in [1.54, 1.807) is 5.57 Å². The first-order valence-corrected chi connectivity index (χ1v) is 13.5. The number of carbonyl (C=O) groups excluding carboxylic acids is 1. The van der Waals surface area contributed by atoms with Crippen LogP contribution in [0.5, 0.6) is 0 Å². The van der Waals surface area contributed by atoms with E-state index in [1.165, 1.54) is 43.3 Å².